The number of hydrogen-bond acceptors (Lipinski definition) is 8. The van der Waals surface area contributed by atoms with Crippen molar-refractivity contribution in [2.24, 2.45) is 68.3 Å². The van der Waals surface area contributed by atoms with Gasteiger partial charge < -0.3 is 30.2 Å². The normalized spacial score (nSPS) is 47.4. The monoisotopic (exact) mass is 673 g/mol. The van der Waals surface area contributed by atoms with Crippen molar-refractivity contribution in [3.63, 3.8) is 0 Å². The van der Waals surface area contributed by atoms with Gasteiger partial charge in [0.15, 0.2) is 0 Å². The van der Waals surface area contributed by atoms with Crippen molar-refractivity contribution in [2.75, 3.05) is 0 Å². The first-order valence-electron chi connectivity index (χ1n) is 19.3. The molecule has 2 spiro atoms. The summed E-state index contributed by atoms with van der Waals surface area (Å²) in [4.78, 5) is 27.0. The van der Waals surface area contributed by atoms with Crippen LogP contribution in [0.1, 0.15) is 134 Å². The number of hydrogen-bond donors (Lipinski definition) is 3. The second-order valence-corrected chi connectivity index (χ2v) is 19.8. The standard InChI is InChI=1S/C40H67NO7/c1-21(2)23(5)33(43)47-26-18-27-38(11)19-24(42)30(25-12-13-29(46-25)36(8,9)45)37(38,10)16-17-39(27)20-40(39)15-14-28(35(6,7)32(26)40)48-34(44)31(41)22(3)4/h21-32,42,45H,12-20,41H2,1-11H3/t23?,24-,25?,26-,27?,28-,29-,30+,31?,32-,37+,38-,39?,40+/m0/s1. The number of nitrogens with two attached hydrogens (primary N) is 1. The molecule has 274 valence electrons. The summed E-state index contributed by atoms with van der Waals surface area (Å²) < 4.78 is 19.6. The molecule has 0 radical (unpaired) electrons. The second-order valence-electron chi connectivity index (χ2n) is 19.8. The fourth-order valence-corrected chi connectivity index (χ4v) is 12.9. The summed E-state index contributed by atoms with van der Waals surface area (Å²) in [5, 5.41) is 22.7. The SMILES string of the molecule is CC(C)C(C)C(=O)O[C@H]1CC2C3(CC[C@]4(C)[C@@H](C5CC[C@@H](C(C)(C)O)O5)[C@@H](O)C[C@@]24C)C[C@@]32CC[C@H](OC(=O)C(N)C(C)C)C(C)(C)[C@H]12. The molecular formula is C40H67NO7. The molecule has 0 aromatic heterocycles. The smallest absolute Gasteiger partial charge is 0.323 e. The Hall–Kier alpha value is -1.22. The average Bonchev–Trinajstić information content (AvgIpc) is 3.23. The molecule has 0 amide bonds. The van der Waals surface area contributed by atoms with Crippen molar-refractivity contribution in [3.05, 3.63) is 0 Å². The fraction of sp³-hybridized carbons (Fsp3) is 0.950. The molecule has 8 heteroatoms. The lowest BCUT2D eigenvalue weighted by atomic mass is 9.41. The number of carbonyl (C=O) groups excluding carboxylic acids is 2. The Morgan fingerprint density at radius 1 is 0.875 bits per heavy atom. The minimum Gasteiger partial charge on any atom is -0.462 e. The van der Waals surface area contributed by atoms with Gasteiger partial charge in [-0.2, -0.15) is 0 Å². The maximum atomic E-state index is 13.8. The van der Waals surface area contributed by atoms with Crippen LogP contribution >= 0.6 is 0 Å². The van der Waals surface area contributed by atoms with Crippen LogP contribution in [0.15, 0.2) is 0 Å². The van der Waals surface area contributed by atoms with E-state index in [1.54, 1.807) is 0 Å². The number of ether oxygens (including phenoxy) is 3. The molecular weight excluding hydrogens is 606 g/mol. The highest BCUT2D eigenvalue weighted by Crippen LogP contribution is 2.89. The molecule has 14 atom stereocenters. The first-order valence-corrected chi connectivity index (χ1v) is 19.3. The summed E-state index contributed by atoms with van der Waals surface area (Å²) in [6.07, 6.45) is 6.70. The van der Waals surface area contributed by atoms with Gasteiger partial charge in [0, 0.05) is 17.3 Å². The summed E-state index contributed by atoms with van der Waals surface area (Å²) in [7, 11) is 0. The number of fused-ring (bicyclic) bond motifs is 2. The molecule has 1 saturated heterocycles. The first kappa shape index (κ1) is 36.6. The van der Waals surface area contributed by atoms with E-state index in [0.717, 1.165) is 51.4 Å². The molecule has 6 fully saturated rings. The zero-order valence-electron chi connectivity index (χ0n) is 31.8. The molecule has 1 heterocycles. The highest BCUT2D eigenvalue weighted by Gasteiger charge is 2.85. The molecule has 8 nitrogen and oxygen atoms in total. The lowest BCUT2D eigenvalue weighted by molar-refractivity contribution is -0.222. The van der Waals surface area contributed by atoms with Crippen molar-refractivity contribution < 1.29 is 34.0 Å². The van der Waals surface area contributed by atoms with E-state index in [1.807, 2.05) is 34.6 Å². The number of carbonyl (C=O) groups is 2. The zero-order valence-corrected chi connectivity index (χ0v) is 31.8. The van der Waals surface area contributed by atoms with Crippen molar-refractivity contribution in [3.8, 4) is 0 Å². The van der Waals surface area contributed by atoms with Crippen LogP contribution < -0.4 is 5.73 Å². The highest BCUT2D eigenvalue weighted by molar-refractivity contribution is 5.76. The Kier molecular flexibility index (Phi) is 8.87. The topological polar surface area (TPSA) is 128 Å². The molecule has 6 aliphatic rings. The number of rotatable bonds is 8. The van der Waals surface area contributed by atoms with Crippen LogP contribution in [0.5, 0.6) is 0 Å². The highest BCUT2D eigenvalue weighted by atomic mass is 16.6. The minimum absolute atomic E-state index is 0.00153. The summed E-state index contributed by atoms with van der Waals surface area (Å²) in [6, 6.07) is -0.666. The molecule has 6 rings (SSSR count). The Morgan fingerprint density at radius 3 is 2.12 bits per heavy atom. The summed E-state index contributed by atoms with van der Waals surface area (Å²) in [6.45, 7) is 22.9. The van der Waals surface area contributed by atoms with Gasteiger partial charge in [-0.15, -0.1) is 0 Å². The molecule has 1 aliphatic heterocycles. The molecule has 5 aliphatic carbocycles. The molecule has 4 N–H and O–H groups in total. The van der Waals surface area contributed by atoms with Crippen molar-refractivity contribution in [1.82, 2.24) is 0 Å². The van der Waals surface area contributed by atoms with Gasteiger partial charge in [-0.3, -0.25) is 9.59 Å². The Labute approximate surface area is 290 Å². The summed E-state index contributed by atoms with van der Waals surface area (Å²) >= 11 is 0. The lowest BCUT2D eigenvalue weighted by Gasteiger charge is -2.64. The molecule has 0 bridgehead atoms. The Balaban J connectivity index is 1.35. The van der Waals surface area contributed by atoms with E-state index in [-0.39, 0.29) is 87.6 Å². The van der Waals surface area contributed by atoms with Gasteiger partial charge in [0.2, 0.25) is 0 Å². The quantitative estimate of drug-likeness (QED) is 0.252. The van der Waals surface area contributed by atoms with Gasteiger partial charge in [0.1, 0.15) is 18.2 Å². The van der Waals surface area contributed by atoms with E-state index in [9.17, 15) is 19.8 Å². The zero-order chi connectivity index (χ0) is 35.6. The summed E-state index contributed by atoms with van der Waals surface area (Å²) in [5.74, 6) is -0.186. The van der Waals surface area contributed by atoms with Crippen LogP contribution in [0.3, 0.4) is 0 Å². The van der Waals surface area contributed by atoms with E-state index in [2.05, 4.69) is 41.5 Å². The van der Waals surface area contributed by atoms with Crippen LogP contribution in [0.4, 0.5) is 0 Å². The number of esters is 2. The third kappa shape index (κ3) is 5.10. The first-order chi connectivity index (χ1) is 22.1. The molecule has 5 unspecified atom stereocenters. The summed E-state index contributed by atoms with van der Waals surface area (Å²) in [5.41, 5.74) is 4.74. The van der Waals surface area contributed by atoms with Gasteiger partial charge in [-0.1, -0.05) is 62.3 Å². The number of aliphatic hydroxyl groups excluding tert-OH is 1. The van der Waals surface area contributed by atoms with Gasteiger partial charge >= 0.3 is 11.9 Å². The predicted molar refractivity (Wildman–Crippen MR) is 184 cm³/mol. The van der Waals surface area contributed by atoms with E-state index in [0.29, 0.717) is 12.3 Å². The average molecular weight is 674 g/mol. The van der Waals surface area contributed by atoms with Crippen LogP contribution in [0, 0.1) is 62.6 Å². The van der Waals surface area contributed by atoms with Crippen molar-refractivity contribution in [1.29, 1.82) is 0 Å². The maximum absolute atomic E-state index is 13.8. The van der Waals surface area contributed by atoms with Gasteiger partial charge in [-0.25, -0.2) is 0 Å². The van der Waals surface area contributed by atoms with Crippen molar-refractivity contribution >= 4 is 11.9 Å². The van der Waals surface area contributed by atoms with Gasteiger partial charge in [0.25, 0.3) is 0 Å². The van der Waals surface area contributed by atoms with Crippen LogP contribution in [-0.4, -0.2) is 64.3 Å². The van der Waals surface area contributed by atoms with E-state index in [4.69, 9.17) is 19.9 Å². The van der Waals surface area contributed by atoms with Crippen molar-refractivity contribution in [2.45, 2.75) is 176 Å². The maximum Gasteiger partial charge on any atom is 0.323 e. The Morgan fingerprint density at radius 2 is 1.54 bits per heavy atom. The minimum atomic E-state index is -0.915. The fourth-order valence-electron chi connectivity index (χ4n) is 12.9. The van der Waals surface area contributed by atoms with Crippen LogP contribution in [0.2, 0.25) is 0 Å². The van der Waals surface area contributed by atoms with Crippen LogP contribution in [0.25, 0.3) is 0 Å². The van der Waals surface area contributed by atoms with E-state index in [1.165, 1.54) is 0 Å². The number of aliphatic hydroxyl groups is 2. The lowest BCUT2D eigenvalue weighted by Crippen LogP contribution is -2.63. The van der Waals surface area contributed by atoms with E-state index < -0.39 is 23.2 Å². The third-order valence-corrected chi connectivity index (χ3v) is 16.2. The van der Waals surface area contributed by atoms with E-state index >= 15 is 0 Å². The van der Waals surface area contributed by atoms with Crippen LogP contribution in [-0.2, 0) is 23.8 Å². The van der Waals surface area contributed by atoms with Gasteiger partial charge in [0.05, 0.1) is 29.8 Å². The third-order valence-electron chi connectivity index (χ3n) is 16.2. The second kappa shape index (κ2) is 11.6. The molecule has 0 aromatic rings. The molecule has 0 aromatic carbocycles. The predicted octanol–water partition coefficient (Wildman–Crippen LogP) is 6.42. The molecule has 5 saturated carbocycles. The Bertz CT molecular complexity index is 1270. The van der Waals surface area contributed by atoms with Gasteiger partial charge in [-0.05, 0) is 111 Å². The molecule has 48 heavy (non-hydrogen) atoms. The largest absolute Gasteiger partial charge is 0.462 e.